The molecule has 3 rings (SSSR count). The monoisotopic (exact) mass is 514 g/mol. The molecule has 0 aliphatic rings. The molecule has 2 aromatic carbocycles. The van der Waals surface area contributed by atoms with Crippen molar-refractivity contribution in [2.24, 2.45) is 0 Å². The molecule has 0 N–H and O–H groups in total. The summed E-state index contributed by atoms with van der Waals surface area (Å²) in [6.07, 6.45) is 0. The molecule has 36 heavy (non-hydrogen) atoms. The second kappa shape index (κ2) is 11.2. The van der Waals surface area contributed by atoms with Crippen molar-refractivity contribution in [3.05, 3.63) is 88.5 Å². The highest BCUT2D eigenvalue weighted by Gasteiger charge is 2.36. The lowest BCUT2D eigenvalue weighted by Crippen LogP contribution is -2.43. The summed E-state index contributed by atoms with van der Waals surface area (Å²) in [5, 5.41) is 0. The average molecular weight is 515 g/mol. The number of rotatable bonds is 10. The Labute approximate surface area is 211 Å². The molecule has 7 nitrogen and oxygen atoms in total. The number of hydrogen-bond acceptors (Lipinski definition) is 5. The van der Waals surface area contributed by atoms with Gasteiger partial charge in [-0.05, 0) is 70.0 Å². The number of sulfonamides is 1. The summed E-state index contributed by atoms with van der Waals surface area (Å²) in [4.78, 5) is 26.6. The highest BCUT2D eigenvalue weighted by atomic mass is 32.2. The standard InChI is InChI=1S/C27H31FN2O5S/c1-6-29-19(4)24(18(3)25(29)27(32)35-7-2)26(31)20(5)30(17-21-13-15-22(28)16-14-21)36(33,34)23-11-9-8-10-12-23/h8-16,20H,6-7,17H2,1-5H3. The van der Waals surface area contributed by atoms with Gasteiger partial charge in [-0.1, -0.05) is 30.3 Å². The normalized spacial score (nSPS) is 12.5. The number of ether oxygens (including phenoxy) is 1. The number of hydrogen-bond donors (Lipinski definition) is 0. The molecule has 0 aliphatic carbocycles. The van der Waals surface area contributed by atoms with Crippen molar-refractivity contribution in [3.8, 4) is 0 Å². The second-order valence-corrected chi connectivity index (χ2v) is 10.3. The van der Waals surface area contributed by atoms with E-state index >= 15 is 0 Å². The summed E-state index contributed by atoms with van der Waals surface area (Å²) in [5.74, 6) is -1.42. The molecule has 0 saturated carbocycles. The predicted molar refractivity (Wildman–Crippen MR) is 135 cm³/mol. The van der Waals surface area contributed by atoms with Gasteiger partial charge in [0.15, 0.2) is 5.78 Å². The van der Waals surface area contributed by atoms with Gasteiger partial charge < -0.3 is 9.30 Å². The smallest absolute Gasteiger partial charge is 0.355 e. The Morgan fingerprint density at radius 2 is 1.64 bits per heavy atom. The molecule has 0 bridgehead atoms. The quantitative estimate of drug-likeness (QED) is 0.284. The molecule has 9 heteroatoms. The number of nitrogens with zero attached hydrogens (tertiary/aromatic N) is 2. The van der Waals surface area contributed by atoms with Crippen LogP contribution in [0.1, 0.15) is 58.4 Å². The van der Waals surface area contributed by atoms with Crippen LogP contribution in [0.5, 0.6) is 0 Å². The van der Waals surface area contributed by atoms with Crippen LogP contribution in [0.4, 0.5) is 4.39 Å². The minimum Gasteiger partial charge on any atom is -0.461 e. The lowest BCUT2D eigenvalue weighted by molar-refractivity contribution is 0.0512. The number of carbonyl (C=O) groups excluding carboxylic acids is 2. The topological polar surface area (TPSA) is 85.7 Å². The van der Waals surface area contributed by atoms with Gasteiger partial charge >= 0.3 is 5.97 Å². The van der Waals surface area contributed by atoms with E-state index in [-0.39, 0.29) is 23.7 Å². The van der Waals surface area contributed by atoms with Crippen LogP contribution in [-0.4, -0.2) is 41.7 Å². The van der Waals surface area contributed by atoms with Crippen molar-refractivity contribution in [2.45, 2.75) is 58.6 Å². The van der Waals surface area contributed by atoms with Crippen LogP contribution < -0.4 is 0 Å². The first-order valence-corrected chi connectivity index (χ1v) is 13.2. The molecule has 0 fully saturated rings. The number of Topliss-reactive ketones (excluding diaryl/α,β-unsaturated/α-hetero) is 1. The highest BCUT2D eigenvalue weighted by molar-refractivity contribution is 7.89. The van der Waals surface area contributed by atoms with Crippen LogP contribution >= 0.6 is 0 Å². The zero-order valence-electron chi connectivity index (χ0n) is 21.1. The van der Waals surface area contributed by atoms with Crippen molar-refractivity contribution in [2.75, 3.05) is 6.61 Å². The Bertz CT molecular complexity index is 1350. The molecule has 192 valence electrons. The van der Waals surface area contributed by atoms with E-state index in [2.05, 4.69) is 0 Å². The number of benzene rings is 2. The second-order valence-electron chi connectivity index (χ2n) is 8.43. The molecule has 0 radical (unpaired) electrons. The molecule has 1 atom stereocenters. The molecule has 1 heterocycles. The molecule has 1 aromatic heterocycles. The minimum absolute atomic E-state index is 0.0403. The molecule has 0 spiro atoms. The third-order valence-corrected chi connectivity index (χ3v) is 8.14. The Hall–Kier alpha value is -3.30. The molecular formula is C27H31FN2O5S. The largest absolute Gasteiger partial charge is 0.461 e. The fourth-order valence-corrected chi connectivity index (χ4v) is 5.99. The van der Waals surface area contributed by atoms with Crippen LogP contribution in [0.3, 0.4) is 0 Å². The van der Waals surface area contributed by atoms with Crippen LogP contribution in [0.15, 0.2) is 59.5 Å². The Kier molecular flexibility index (Phi) is 8.47. The minimum atomic E-state index is -4.10. The summed E-state index contributed by atoms with van der Waals surface area (Å²) >= 11 is 0. The SMILES string of the molecule is CCOC(=O)c1c(C)c(C(=O)C(C)N(Cc2ccc(F)cc2)S(=O)(=O)c2ccccc2)c(C)n1CC. The van der Waals surface area contributed by atoms with Crippen LogP contribution in [0.2, 0.25) is 0 Å². The zero-order chi connectivity index (χ0) is 26.6. The number of carbonyl (C=O) groups is 2. The van der Waals surface area contributed by atoms with Gasteiger partial charge in [0, 0.05) is 24.3 Å². The fourth-order valence-electron chi connectivity index (χ4n) is 4.38. The number of aromatic nitrogens is 1. The maximum absolute atomic E-state index is 13.9. The van der Waals surface area contributed by atoms with Gasteiger partial charge in [0.25, 0.3) is 0 Å². The van der Waals surface area contributed by atoms with Crippen LogP contribution in [-0.2, 0) is 27.8 Å². The number of ketones is 1. The fraction of sp³-hybridized carbons (Fsp3) is 0.333. The van der Waals surface area contributed by atoms with E-state index in [0.29, 0.717) is 28.9 Å². The van der Waals surface area contributed by atoms with Gasteiger partial charge in [0.2, 0.25) is 10.0 Å². The summed E-state index contributed by atoms with van der Waals surface area (Å²) in [7, 11) is -4.10. The van der Waals surface area contributed by atoms with E-state index in [9.17, 15) is 22.4 Å². The first-order valence-electron chi connectivity index (χ1n) is 11.8. The summed E-state index contributed by atoms with van der Waals surface area (Å²) in [6, 6.07) is 12.2. The van der Waals surface area contributed by atoms with Crippen molar-refractivity contribution < 1.29 is 27.1 Å². The molecule has 0 amide bonds. The lowest BCUT2D eigenvalue weighted by Gasteiger charge is -2.28. The van der Waals surface area contributed by atoms with Gasteiger partial charge in [0.1, 0.15) is 11.5 Å². The first-order chi connectivity index (χ1) is 17.0. The predicted octanol–water partition coefficient (Wildman–Crippen LogP) is 4.90. The number of halogens is 1. The van der Waals surface area contributed by atoms with E-state index in [1.54, 1.807) is 43.5 Å². The molecule has 3 aromatic rings. The van der Waals surface area contributed by atoms with Gasteiger partial charge in [0.05, 0.1) is 17.5 Å². The molecule has 1 unspecified atom stereocenters. The maximum atomic E-state index is 13.9. The highest BCUT2D eigenvalue weighted by Crippen LogP contribution is 2.28. The Balaban J connectivity index is 2.11. The molecule has 0 aliphatic heterocycles. The first kappa shape index (κ1) is 27.3. The van der Waals surface area contributed by atoms with Crippen molar-refractivity contribution >= 4 is 21.8 Å². The van der Waals surface area contributed by atoms with Gasteiger partial charge in [-0.15, -0.1) is 0 Å². The van der Waals surface area contributed by atoms with Crippen molar-refractivity contribution in [1.29, 1.82) is 0 Å². The Morgan fingerprint density at radius 1 is 1.03 bits per heavy atom. The summed E-state index contributed by atoms with van der Waals surface area (Å²) < 4.78 is 48.9. The van der Waals surface area contributed by atoms with E-state index in [1.807, 2.05) is 6.92 Å². The summed E-state index contributed by atoms with van der Waals surface area (Å²) in [5.41, 5.74) is 2.11. The molecule has 0 saturated heterocycles. The third kappa shape index (κ3) is 5.27. The van der Waals surface area contributed by atoms with Crippen molar-refractivity contribution in [1.82, 2.24) is 8.87 Å². The van der Waals surface area contributed by atoms with E-state index < -0.39 is 33.6 Å². The van der Waals surface area contributed by atoms with Crippen LogP contribution in [0, 0.1) is 19.7 Å². The maximum Gasteiger partial charge on any atom is 0.355 e. The van der Waals surface area contributed by atoms with Gasteiger partial charge in [-0.25, -0.2) is 17.6 Å². The molecular weight excluding hydrogens is 483 g/mol. The summed E-state index contributed by atoms with van der Waals surface area (Å²) in [6.45, 7) is 8.97. The van der Waals surface area contributed by atoms with Crippen molar-refractivity contribution in [3.63, 3.8) is 0 Å². The average Bonchev–Trinajstić information content (AvgIpc) is 3.12. The zero-order valence-corrected chi connectivity index (χ0v) is 21.9. The van der Waals surface area contributed by atoms with Gasteiger partial charge in [-0.3, -0.25) is 4.79 Å². The lowest BCUT2D eigenvalue weighted by atomic mass is 10.0. The van der Waals surface area contributed by atoms with Crippen LogP contribution in [0.25, 0.3) is 0 Å². The number of esters is 1. The van der Waals surface area contributed by atoms with E-state index in [1.165, 1.54) is 43.3 Å². The third-order valence-electron chi connectivity index (χ3n) is 6.21. The van der Waals surface area contributed by atoms with E-state index in [0.717, 1.165) is 4.31 Å². The van der Waals surface area contributed by atoms with E-state index in [4.69, 9.17) is 4.74 Å². The van der Waals surface area contributed by atoms with Gasteiger partial charge in [-0.2, -0.15) is 4.31 Å². The Morgan fingerprint density at radius 3 is 2.19 bits per heavy atom.